The standard InChI is InChI=1S/C22H19N5OS2/c1-13-18(21(28)26-15-6-4-3-5-7-15)19(14-8-10-16(29-2)11-9-14)27-20(24)17(12-23)30-22(27)25-13/h3-11,19H,24H2,1-2H3,(H,26,28)/t19-/m0/s1. The molecule has 0 unspecified atom stereocenters. The Balaban J connectivity index is 1.81. The molecule has 2 aliphatic rings. The number of hydrogen-bond donors (Lipinski definition) is 2. The number of anilines is 1. The zero-order valence-corrected chi connectivity index (χ0v) is 18.1. The highest BCUT2D eigenvalue weighted by Gasteiger charge is 2.42. The average molecular weight is 434 g/mol. The van der Waals surface area contributed by atoms with E-state index in [-0.39, 0.29) is 5.91 Å². The molecule has 0 bridgehead atoms. The number of nitrogens with two attached hydrogens (primary N) is 1. The molecule has 0 radical (unpaired) electrons. The van der Waals surface area contributed by atoms with Gasteiger partial charge < -0.3 is 11.1 Å². The van der Waals surface area contributed by atoms with Gasteiger partial charge >= 0.3 is 0 Å². The van der Waals surface area contributed by atoms with Gasteiger partial charge in [-0.25, -0.2) is 4.99 Å². The Morgan fingerprint density at radius 2 is 1.93 bits per heavy atom. The van der Waals surface area contributed by atoms with Crippen molar-refractivity contribution in [1.29, 1.82) is 5.26 Å². The second-order valence-electron chi connectivity index (χ2n) is 6.69. The monoisotopic (exact) mass is 433 g/mol. The first kappa shape index (κ1) is 20.1. The Kier molecular flexibility index (Phi) is 5.57. The van der Waals surface area contributed by atoms with Gasteiger partial charge in [0.2, 0.25) is 0 Å². The lowest BCUT2D eigenvalue weighted by molar-refractivity contribution is -0.113. The van der Waals surface area contributed by atoms with Crippen molar-refractivity contribution in [2.75, 3.05) is 11.6 Å². The molecule has 0 aromatic heterocycles. The maximum atomic E-state index is 13.3. The molecule has 2 aliphatic heterocycles. The molecule has 6 nitrogen and oxygen atoms in total. The summed E-state index contributed by atoms with van der Waals surface area (Å²) in [6.45, 7) is 1.81. The van der Waals surface area contributed by atoms with Crippen LogP contribution in [0, 0.1) is 11.3 Å². The van der Waals surface area contributed by atoms with Crippen LogP contribution >= 0.6 is 23.5 Å². The number of carbonyl (C=O) groups excluding carboxylic acids is 1. The summed E-state index contributed by atoms with van der Waals surface area (Å²) >= 11 is 2.88. The van der Waals surface area contributed by atoms with Crippen molar-refractivity contribution in [3.8, 4) is 6.07 Å². The van der Waals surface area contributed by atoms with E-state index in [0.29, 0.717) is 32.9 Å². The third-order valence-corrected chi connectivity index (χ3v) is 6.60. The summed E-state index contributed by atoms with van der Waals surface area (Å²) < 4.78 is 0. The van der Waals surface area contributed by atoms with Gasteiger partial charge in [-0.3, -0.25) is 9.69 Å². The van der Waals surface area contributed by atoms with Crippen LogP contribution in [0.5, 0.6) is 0 Å². The van der Waals surface area contributed by atoms with Crippen molar-refractivity contribution < 1.29 is 4.79 Å². The zero-order valence-electron chi connectivity index (χ0n) is 16.4. The number of hydrogen-bond acceptors (Lipinski definition) is 7. The number of nitrogens with zero attached hydrogens (tertiary/aromatic N) is 3. The van der Waals surface area contributed by atoms with Crippen molar-refractivity contribution in [1.82, 2.24) is 4.90 Å². The second kappa shape index (κ2) is 8.30. The first-order chi connectivity index (χ1) is 14.5. The average Bonchev–Trinajstić information content (AvgIpc) is 3.08. The lowest BCUT2D eigenvalue weighted by Gasteiger charge is -2.35. The quantitative estimate of drug-likeness (QED) is 0.693. The number of nitrogens with one attached hydrogen (secondary N) is 1. The predicted octanol–water partition coefficient (Wildman–Crippen LogP) is 4.43. The van der Waals surface area contributed by atoms with E-state index in [4.69, 9.17) is 5.73 Å². The molecule has 0 fully saturated rings. The largest absolute Gasteiger partial charge is 0.383 e. The lowest BCUT2D eigenvalue weighted by Crippen LogP contribution is -2.39. The topological polar surface area (TPSA) is 94.5 Å². The van der Waals surface area contributed by atoms with Crippen LogP contribution in [0.3, 0.4) is 0 Å². The minimum atomic E-state index is -0.476. The number of benzene rings is 2. The summed E-state index contributed by atoms with van der Waals surface area (Å²) in [5.41, 5.74) is 9.02. The van der Waals surface area contributed by atoms with Crippen molar-refractivity contribution in [3.63, 3.8) is 0 Å². The molecule has 0 aliphatic carbocycles. The second-order valence-corrected chi connectivity index (χ2v) is 8.54. The van der Waals surface area contributed by atoms with Crippen molar-refractivity contribution >= 4 is 40.3 Å². The van der Waals surface area contributed by atoms with Crippen molar-refractivity contribution in [2.45, 2.75) is 17.9 Å². The summed E-state index contributed by atoms with van der Waals surface area (Å²) in [6, 6.07) is 19.0. The van der Waals surface area contributed by atoms with E-state index in [1.165, 1.54) is 11.8 Å². The van der Waals surface area contributed by atoms with Crippen LogP contribution in [0.1, 0.15) is 18.5 Å². The van der Waals surface area contributed by atoms with E-state index in [1.54, 1.807) is 16.7 Å². The summed E-state index contributed by atoms with van der Waals surface area (Å²) in [4.78, 5) is 21.2. The Hall–Kier alpha value is -3.15. The molecule has 2 aromatic carbocycles. The number of carbonyl (C=O) groups is 1. The van der Waals surface area contributed by atoms with Crippen LogP contribution in [0.4, 0.5) is 5.69 Å². The van der Waals surface area contributed by atoms with Gasteiger partial charge in [-0.2, -0.15) is 5.26 Å². The summed E-state index contributed by atoms with van der Waals surface area (Å²) in [5.74, 6) is 0.0707. The highest BCUT2D eigenvalue weighted by Crippen LogP contribution is 2.45. The van der Waals surface area contributed by atoms with Crippen LogP contribution in [0.25, 0.3) is 0 Å². The molecule has 1 atom stereocenters. The van der Waals surface area contributed by atoms with Crippen molar-refractivity contribution in [3.05, 3.63) is 82.2 Å². The SMILES string of the molecule is CSc1ccc([C@H]2C(C(=O)Nc3ccccc3)=C(C)N=C3SC(C#N)=C(N)N32)cc1. The molecule has 0 saturated heterocycles. The number of aliphatic imine (C=N–C) groups is 1. The molecular formula is C22H19N5OS2. The Morgan fingerprint density at radius 3 is 2.57 bits per heavy atom. The third-order valence-electron chi connectivity index (χ3n) is 4.89. The van der Waals surface area contributed by atoms with Gasteiger partial charge in [-0.05, 0) is 54.8 Å². The molecular weight excluding hydrogens is 414 g/mol. The third kappa shape index (κ3) is 3.58. The first-order valence-electron chi connectivity index (χ1n) is 9.20. The molecule has 1 amide bonds. The number of amides is 1. The molecule has 30 heavy (non-hydrogen) atoms. The Labute approximate surface area is 183 Å². The van der Waals surface area contributed by atoms with Gasteiger partial charge in [0.15, 0.2) is 5.17 Å². The fourth-order valence-corrected chi connectivity index (χ4v) is 4.78. The highest BCUT2D eigenvalue weighted by atomic mass is 32.2. The number of para-hydroxylation sites is 1. The summed E-state index contributed by atoms with van der Waals surface area (Å²) in [6.07, 6.45) is 2.01. The Bertz CT molecular complexity index is 1130. The molecule has 0 spiro atoms. The van der Waals surface area contributed by atoms with Crippen LogP contribution in [0.15, 0.2) is 86.5 Å². The number of amidine groups is 1. The highest BCUT2D eigenvalue weighted by molar-refractivity contribution is 8.17. The van der Waals surface area contributed by atoms with Gasteiger partial charge in [-0.1, -0.05) is 30.3 Å². The predicted molar refractivity (Wildman–Crippen MR) is 122 cm³/mol. The molecule has 8 heteroatoms. The molecule has 3 N–H and O–H groups in total. The minimum absolute atomic E-state index is 0.247. The fraction of sp³-hybridized carbons (Fsp3) is 0.136. The van der Waals surface area contributed by atoms with Gasteiger partial charge in [0.05, 0.1) is 17.3 Å². The van der Waals surface area contributed by atoms with E-state index >= 15 is 0 Å². The van der Waals surface area contributed by atoms with Gasteiger partial charge in [0, 0.05) is 10.6 Å². The number of allylic oxidation sites excluding steroid dienone is 2. The van der Waals surface area contributed by atoms with E-state index in [2.05, 4.69) is 16.4 Å². The minimum Gasteiger partial charge on any atom is -0.383 e. The van der Waals surface area contributed by atoms with E-state index < -0.39 is 6.04 Å². The normalized spacial score (nSPS) is 18.1. The first-order valence-corrected chi connectivity index (χ1v) is 11.2. The van der Waals surface area contributed by atoms with Gasteiger partial charge in [-0.15, -0.1) is 11.8 Å². The fourth-order valence-electron chi connectivity index (χ4n) is 3.45. The number of rotatable bonds is 4. The van der Waals surface area contributed by atoms with Gasteiger partial charge in [0.25, 0.3) is 5.91 Å². The molecule has 2 heterocycles. The molecule has 2 aromatic rings. The maximum absolute atomic E-state index is 13.3. The number of fused-ring (bicyclic) bond motifs is 1. The number of thioether (sulfide) groups is 2. The van der Waals surface area contributed by atoms with E-state index in [1.807, 2.05) is 67.8 Å². The maximum Gasteiger partial charge on any atom is 0.255 e. The van der Waals surface area contributed by atoms with Crippen LogP contribution in [0.2, 0.25) is 0 Å². The van der Waals surface area contributed by atoms with E-state index in [0.717, 1.165) is 10.5 Å². The summed E-state index contributed by atoms with van der Waals surface area (Å²) in [7, 11) is 0. The lowest BCUT2D eigenvalue weighted by atomic mass is 9.93. The van der Waals surface area contributed by atoms with E-state index in [9.17, 15) is 10.1 Å². The molecule has 4 rings (SSSR count). The molecule has 0 saturated carbocycles. The smallest absolute Gasteiger partial charge is 0.255 e. The molecule has 150 valence electrons. The summed E-state index contributed by atoms with van der Waals surface area (Å²) in [5, 5.41) is 13.0. The van der Waals surface area contributed by atoms with Gasteiger partial charge in [0.1, 0.15) is 16.8 Å². The van der Waals surface area contributed by atoms with Crippen LogP contribution in [-0.4, -0.2) is 22.2 Å². The number of nitriles is 1. The van der Waals surface area contributed by atoms with Crippen LogP contribution in [-0.2, 0) is 4.79 Å². The van der Waals surface area contributed by atoms with Crippen LogP contribution < -0.4 is 11.1 Å². The zero-order chi connectivity index (χ0) is 21.3. The van der Waals surface area contributed by atoms with Crippen molar-refractivity contribution in [2.24, 2.45) is 10.7 Å². The Morgan fingerprint density at radius 1 is 1.23 bits per heavy atom.